The van der Waals surface area contributed by atoms with Crippen molar-refractivity contribution in [2.24, 2.45) is 5.41 Å². The molecule has 120 valence electrons. The van der Waals surface area contributed by atoms with Crippen LogP contribution in [0.3, 0.4) is 0 Å². The highest BCUT2D eigenvalue weighted by atomic mass is 79.9. The van der Waals surface area contributed by atoms with E-state index in [-0.39, 0.29) is 17.8 Å². The molecule has 7 heteroatoms. The summed E-state index contributed by atoms with van der Waals surface area (Å²) in [4.78, 5) is 0.347. The molecule has 1 aliphatic rings. The van der Waals surface area contributed by atoms with Gasteiger partial charge in [-0.1, -0.05) is 28.9 Å². The second-order valence-electron chi connectivity index (χ2n) is 5.83. The fourth-order valence-corrected chi connectivity index (χ4v) is 4.46. The molecule has 1 atom stereocenters. The van der Waals surface area contributed by atoms with Crippen molar-refractivity contribution in [3.8, 4) is 0 Å². The number of hydrogen-bond acceptors (Lipinski definition) is 3. The molecule has 0 spiro atoms. The van der Waals surface area contributed by atoms with Crippen LogP contribution in [0.2, 0.25) is 0 Å². The van der Waals surface area contributed by atoms with Gasteiger partial charge in [0.1, 0.15) is 0 Å². The second kappa shape index (κ2) is 7.42. The van der Waals surface area contributed by atoms with E-state index in [2.05, 4.69) is 32.9 Å². The van der Waals surface area contributed by atoms with Gasteiger partial charge in [0, 0.05) is 17.6 Å². The number of sulfonamides is 1. The average molecular weight is 398 g/mol. The topological polar surface area (TPSA) is 58.2 Å². The molecule has 0 bridgehead atoms. The molecule has 2 N–H and O–H groups in total. The third kappa shape index (κ3) is 4.93. The van der Waals surface area contributed by atoms with E-state index >= 15 is 0 Å². The summed E-state index contributed by atoms with van der Waals surface area (Å²) in [6.45, 7) is 6.27. The molecule has 0 radical (unpaired) electrons. The summed E-state index contributed by atoms with van der Waals surface area (Å²) in [5, 5.41) is 3.33. The third-order valence-corrected chi connectivity index (χ3v) is 5.85. The first-order chi connectivity index (χ1) is 9.32. The summed E-state index contributed by atoms with van der Waals surface area (Å²) >= 11 is 3.32. The molecule has 1 unspecified atom stereocenters. The predicted molar refractivity (Wildman–Crippen MR) is 91.5 cm³/mol. The Balaban J connectivity index is 0.00000220. The van der Waals surface area contributed by atoms with Crippen molar-refractivity contribution in [2.45, 2.75) is 31.6 Å². The summed E-state index contributed by atoms with van der Waals surface area (Å²) in [7, 11) is -3.46. The Morgan fingerprint density at radius 1 is 1.43 bits per heavy atom. The van der Waals surface area contributed by atoms with E-state index in [1.165, 1.54) is 0 Å². The van der Waals surface area contributed by atoms with E-state index in [0.29, 0.717) is 11.4 Å². The molecule has 1 aliphatic heterocycles. The van der Waals surface area contributed by atoms with Crippen LogP contribution < -0.4 is 10.0 Å². The summed E-state index contributed by atoms with van der Waals surface area (Å²) in [6.07, 6.45) is 2.13. The normalized spacial score (nSPS) is 22.6. The summed E-state index contributed by atoms with van der Waals surface area (Å²) in [5.74, 6) is 0. The molecule has 2 rings (SSSR count). The molecular formula is C14H22BrClN2O2S. The smallest absolute Gasteiger partial charge is 0.240 e. The molecule has 1 heterocycles. The van der Waals surface area contributed by atoms with Crippen LogP contribution in [-0.4, -0.2) is 28.1 Å². The van der Waals surface area contributed by atoms with Crippen LogP contribution in [0.1, 0.15) is 25.3 Å². The van der Waals surface area contributed by atoms with Gasteiger partial charge in [-0.25, -0.2) is 13.1 Å². The van der Waals surface area contributed by atoms with Crippen LogP contribution in [0.25, 0.3) is 0 Å². The Morgan fingerprint density at radius 3 is 2.76 bits per heavy atom. The fraction of sp³-hybridized carbons (Fsp3) is 0.571. The predicted octanol–water partition coefficient (Wildman–Crippen LogP) is 2.85. The zero-order valence-electron chi connectivity index (χ0n) is 12.3. The van der Waals surface area contributed by atoms with Gasteiger partial charge in [0.2, 0.25) is 10.0 Å². The minimum Gasteiger partial charge on any atom is -0.316 e. The summed E-state index contributed by atoms with van der Waals surface area (Å²) in [6, 6.07) is 5.31. The SMILES string of the molecule is Cc1ccc(Br)cc1S(=O)(=O)NCC1(C)CCCNC1.Cl. The van der Waals surface area contributed by atoms with Crippen molar-refractivity contribution in [1.29, 1.82) is 0 Å². The van der Waals surface area contributed by atoms with E-state index in [9.17, 15) is 8.42 Å². The number of nitrogens with one attached hydrogen (secondary N) is 2. The first kappa shape index (κ1) is 18.9. The molecule has 1 saturated heterocycles. The van der Waals surface area contributed by atoms with Crippen molar-refractivity contribution in [2.75, 3.05) is 19.6 Å². The Bertz CT molecular complexity index is 587. The van der Waals surface area contributed by atoms with Gasteiger partial charge >= 0.3 is 0 Å². The molecule has 0 amide bonds. The summed E-state index contributed by atoms with van der Waals surface area (Å²) in [5.41, 5.74) is 0.748. The van der Waals surface area contributed by atoms with Gasteiger partial charge in [-0.05, 0) is 49.4 Å². The van der Waals surface area contributed by atoms with Gasteiger partial charge in [0.15, 0.2) is 0 Å². The lowest BCUT2D eigenvalue weighted by Gasteiger charge is -2.34. The third-order valence-electron chi connectivity index (χ3n) is 3.81. The van der Waals surface area contributed by atoms with Crippen molar-refractivity contribution in [3.63, 3.8) is 0 Å². The van der Waals surface area contributed by atoms with E-state index < -0.39 is 10.0 Å². The zero-order chi connectivity index (χ0) is 14.8. The molecule has 1 fully saturated rings. The van der Waals surface area contributed by atoms with E-state index in [0.717, 1.165) is 36.0 Å². The Hall–Kier alpha value is -0.140. The molecule has 0 aliphatic carbocycles. The van der Waals surface area contributed by atoms with Crippen LogP contribution in [0, 0.1) is 12.3 Å². The maximum Gasteiger partial charge on any atom is 0.240 e. The average Bonchev–Trinajstić information content (AvgIpc) is 2.40. The molecule has 21 heavy (non-hydrogen) atoms. The molecule has 1 aromatic carbocycles. The first-order valence-electron chi connectivity index (χ1n) is 6.79. The molecule has 4 nitrogen and oxygen atoms in total. The zero-order valence-corrected chi connectivity index (χ0v) is 15.5. The van der Waals surface area contributed by atoms with Gasteiger partial charge in [-0.2, -0.15) is 0 Å². The number of piperidine rings is 1. The van der Waals surface area contributed by atoms with Crippen LogP contribution in [0.5, 0.6) is 0 Å². The first-order valence-corrected chi connectivity index (χ1v) is 9.07. The second-order valence-corrected chi connectivity index (χ2v) is 8.48. The number of aryl methyl sites for hydroxylation is 1. The van der Waals surface area contributed by atoms with E-state index in [1.54, 1.807) is 6.07 Å². The Kier molecular flexibility index (Phi) is 6.68. The quantitative estimate of drug-likeness (QED) is 0.821. The Labute approximate surface area is 141 Å². The van der Waals surface area contributed by atoms with Gasteiger partial charge in [0.05, 0.1) is 4.90 Å². The highest BCUT2D eigenvalue weighted by molar-refractivity contribution is 9.10. The van der Waals surface area contributed by atoms with Gasteiger partial charge in [-0.3, -0.25) is 0 Å². The lowest BCUT2D eigenvalue weighted by molar-refractivity contribution is 0.238. The number of rotatable bonds is 4. The van der Waals surface area contributed by atoms with E-state index in [1.807, 2.05) is 19.1 Å². The summed E-state index contributed by atoms with van der Waals surface area (Å²) < 4.78 is 28.4. The van der Waals surface area contributed by atoms with Crippen LogP contribution in [-0.2, 0) is 10.0 Å². The van der Waals surface area contributed by atoms with Crippen LogP contribution >= 0.6 is 28.3 Å². The van der Waals surface area contributed by atoms with Crippen molar-refractivity contribution in [3.05, 3.63) is 28.2 Å². The largest absolute Gasteiger partial charge is 0.316 e. The lowest BCUT2D eigenvalue weighted by Crippen LogP contribution is -2.45. The van der Waals surface area contributed by atoms with Gasteiger partial charge < -0.3 is 5.32 Å². The minimum atomic E-state index is -3.46. The minimum absolute atomic E-state index is 0. The standard InChI is InChI=1S/C14H21BrN2O2S.ClH/c1-11-4-5-12(15)8-13(11)20(18,19)17-10-14(2)6-3-7-16-9-14;/h4-5,8,16-17H,3,6-7,9-10H2,1-2H3;1H. The highest BCUT2D eigenvalue weighted by Gasteiger charge is 2.29. The molecular weight excluding hydrogens is 376 g/mol. The highest BCUT2D eigenvalue weighted by Crippen LogP contribution is 2.26. The monoisotopic (exact) mass is 396 g/mol. The maximum absolute atomic E-state index is 12.4. The lowest BCUT2D eigenvalue weighted by atomic mass is 9.83. The van der Waals surface area contributed by atoms with Crippen LogP contribution in [0.15, 0.2) is 27.6 Å². The molecule has 0 aromatic heterocycles. The number of benzene rings is 1. The maximum atomic E-state index is 12.4. The van der Waals surface area contributed by atoms with Crippen molar-refractivity contribution in [1.82, 2.24) is 10.0 Å². The fourth-order valence-electron chi connectivity index (χ4n) is 2.48. The Morgan fingerprint density at radius 2 is 2.14 bits per heavy atom. The molecule has 0 saturated carbocycles. The van der Waals surface area contributed by atoms with Gasteiger partial charge in [0.25, 0.3) is 0 Å². The van der Waals surface area contributed by atoms with Gasteiger partial charge in [-0.15, -0.1) is 12.4 Å². The van der Waals surface area contributed by atoms with Crippen LogP contribution in [0.4, 0.5) is 0 Å². The number of hydrogen-bond donors (Lipinski definition) is 2. The number of halogens is 2. The van der Waals surface area contributed by atoms with Crippen molar-refractivity contribution >= 4 is 38.4 Å². The van der Waals surface area contributed by atoms with E-state index in [4.69, 9.17) is 0 Å². The van der Waals surface area contributed by atoms with Crippen molar-refractivity contribution < 1.29 is 8.42 Å². The molecule has 1 aromatic rings.